The van der Waals surface area contributed by atoms with Crippen LogP contribution < -0.4 is 4.90 Å². The number of likely N-dealkylation sites (N-methyl/N-ethyl adjacent to an activating group) is 1. The number of halogens is 3. The Morgan fingerprint density at radius 3 is 2.23 bits per heavy atom. The van der Waals surface area contributed by atoms with Gasteiger partial charge in [-0.25, -0.2) is 8.42 Å². The van der Waals surface area contributed by atoms with Gasteiger partial charge in [0.1, 0.15) is 0 Å². The van der Waals surface area contributed by atoms with Crippen molar-refractivity contribution in [1.29, 1.82) is 0 Å². The van der Waals surface area contributed by atoms with Crippen LogP contribution >= 0.6 is 0 Å². The van der Waals surface area contributed by atoms with Gasteiger partial charge in [-0.15, -0.1) is 0 Å². The third-order valence-corrected chi connectivity index (χ3v) is 6.56. The van der Waals surface area contributed by atoms with Crippen LogP contribution in [0.15, 0.2) is 29.2 Å². The Hall–Kier alpha value is -1.65. The normalized spacial score (nSPS) is 18.5. The molecule has 0 spiro atoms. The van der Waals surface area contributed by atoms with Crippen molar-refractivity contribution in [2.45, 2.75) is 24.0 Å². The Morgan fingerprint density at radius 2 is 1.73 bits per heavy atom. The molecule has 1 aromatic rings. The second-order valence-corrected chi connectivity index (χ2v) is 8.42. The standard InChI is InChI=1S/C16H22F3N3O3S/c1-12(15(23)20(2)3)21-8-10-22(11-9-21)26(24,25)14-7-5-4-6-13(14)16(17,18)19/h4-7,12H,8-11H2,1-3H3/p+1/t12-/m0/s1. The third kappa shape index (κ3) is 4.18. The van der Waals surface area contributed by atoms with Crippen molar-refractivity contribution in [3.63, 3.8) is 0 Å². The molecule has 1 saturated heterocycles. The molecule has 1 amide bonds. The lowest BCUT2D eigenvalue weighted by atomic mass is 10.2. The van der Waals surface area contributed by atoms with Gasteiger partial charge in [0.25, 0.3) is 5.91 Å². The molecule has 0 radical (unpaired) electrons. The zero-order chi connectivity index (χ0) is 19.7. The zero-order valence-electron chi connectivity index (χ0n) is 14.9. The van der Waals surface area contributed by atoms with Crippen molar-refractivity contribution >= 4 is 15.9 Å². The van der Waals surface area contributed by atoms with Gasteiger partial charge in [-0.2, -0.15) is 17.5 Å². The fourth-order valence-electron chi connectivity index (χ4n) is 3.07. The molecular weight excluding hydrogens is 371 g/mol. The average Bonchev–Trinajstić information content (AvgIpc) is 2.59. The molecule has 0 aliphatic carbocycles. The molecule has 0 saturated carbocycles. The van der Waals surface area contributed by atoms with Gasteiger partial charge in [0.15, 0.2) is 6.04 Å². The number of nitrogens with one attached hydrogen (secondary N) is 1. The van der Waals surface area contributed by atoms with Gasteiger partial charge in [-0.3, -0.25) is 4.79 Å². The minimum atomic E-state index is -4.75. The van der Waals surface area contributed by atoms with E-state index >= 15 is 0 Å². The number of quaternary nitrogens is 1. The Balaban J connectivity index is 2.18. The highest BCUT2D eigenvalue weighted by molar-refractivity contribution is 7.89. The Kier molecular flexibility index (Phi) is 5.99. The molecule has 1 heterocycles. The molecule has 1 aliphatic rings. The van der Waals surface area contributed by atoms with Gasteiger partial charge in [0.05, 0.1) is 36.6 Å². The summed E-state index contributed by atoms with van der Waals surface area (Å²) in [5.74, 6) is -0.0706. The maximum Gasteiger partial charge on any atom is 0.417 e. The zero-order valence-corrected chi connectivity index (χ0v) is 15.7. The van der Waals surface area contributed by atoms with Gasteiger partial charge < -0.3 is 9.80 Å². The summed E-state index contributed by atoms with van der Waals surface area (Å²) < 4.78 is 65.9. The highest BCUT2D eigenvalue weighted by Gasteiger charge is 2.40. The molecule has 2 rings (SSSR count). The Labute approximate surface area is 151 Å². The van der Waals surface area contributed by atoms with E-state index in [0.29, 0.717) is 13.1 Å². The van der Waals surface area contributed by atoms with Crippen molar-refractivity contribution in [1.82, 2.24) is 9.21 Å². The number of carbonyl (C=O) groups excluding carboxylic acids is 1. The number of piperazine rings is 1. The van der Waals surface area contributed by atoms with E-state index in [1.54, 1.807) is 21.0 Å². The highest BCUT2D eigenvalue weighted by Crippen LogP contribution is 2.35. The van der Waals surface area contributed by atoms with Gasteiger partial charge in [0, 0.05) is 14.1 Å². The first-order valence-electron chi connectivity index (χ1n) is 8.18. The fraction of sp³-hybridized carbons (Fsp3) is 0.562. The lowest BCUT2D eigenvalue weighted by molar-refractivity contribution is -0.917. The summed E-state index contributed by atoms with van der Waals surface area (Å²) in [7, 11) is -0.965. The van der Waals surface area contributed by atoms with Crippen molar-refractivity contribution in [2.75, 3.05) is 40.3 Å². The molecule has 0 aromatic heterocycles. The third-order valence-electron chi connectivity index (χ3n) is 4.60. The first-order valence-corrected chi connectivity index (χ1v) is 9.62. The van der Waals surface area contributed by atoms with Gasteiger partial charge in [0.2, 0.25) is 10.0 Å². The maximum atomic E-state index is 13.1. The molecule has 1 aliphatic heterocycles. The van der Waals surface area contributed by atoms with Crippen LogP contribution in [-0.2, 0) is 21.0 Å². The van der Waals surface area contributed by atoms with Crippen molar-refractivity contribution in [2.24, 2.45) is 0 Å². The molecule has 1 atom stereocenters. The van der Waals surface area contributed by atoms with Crippen LogP contribution in [0, 0.1) is 0 Å². The minimum Gasteiger partial charge on any atom is -0.344 e. The predicted octanol–water partition coefficient (Wildman–Crippen LogP) is 0.0713. The SMILES string of the molecule is C[C@@H](C(=O)N(C)C)[NH+]1CCN(S(=O)(=O)c2ccccc2C(F)(F)F)CC1. The maximum absolute atomic E-state index is 13.1. The highest BCUT2D eigenvalue weighted by atomic mass is 32.2. The summed E-state index contributed by atoms with van der Waals surface area (Å²) in [6.45, 7) is 2.60. The first-order chi connectivity index (χ1) is 12.0. The predicted molar refractivity (Wildman–Crippen MR) is 89.1 cm³/mol. The molecular formula is C16H23F3N3O3S+. The number of benzene rings is 1. The first kappa shape index (κ1) is 20.7. The second-order valence-electron chi connectivity index (χ2n) is 6.51. The topological polar surface area (TPSA) is 62.1 Å². The molecule has 10 heteroatoms. The molecule has 6 nitrogen and oxygen atoms in total. The van der Waals surface area contributed by atoms with E-state index in [4.69, 9.17) is 0 Å². The van der Waals surface area contributed by atoms with E-state index in [1.807, 2.05) is 0 Å². The van der Waals surface area contributed by atoms with Crippen LogP contribution in [0.5, 0.6) is 0 Å². The number of hydrogen-bond acceptors (Lipinski definition) is 3. The number of amides is 1. The lowest BCUT2D eigenvalue weighted by Gasteiger charge is -2.35. The summed E-state index contributed by atoms with van der Waals surface area (Å²) in [5.41, 5.74) is -1.16. The van der Waals surface area contributed by atoms with Gasteiger partial charge in [-0.05, 0) is 19.1 Å². The largest absolute Gasteiger partial charge is 0.417 e. The molecule has 1 fully saturated rings. The quantitative estimate of drug-likeness (QED) is 0.786. The number of nitrogens with zero attached hydrogens (tertiary/aromatic N) is 2. The van der Waals surface area contributed by atoms with Crippen LogP contribution in [0.4, 0.5) is 13.2 Å². The van der Waals surface area contributed by atoms with Crippen LogP contribution in [-0.4, -0.2) is 69.8 Å². The minimum absolute atomic E-state index is 0.0644. The van der Waals surface area contributed by atoms with Crippen molar-refractivity contribution < 1.29 is 31.3 Å². The van der Waals surface area contributed by atoms with E-state index in [0.717, 1.165) is 21.3 Å². The van der Waals surface area contributed by atoms with Crippen molar-refractivity contribution in [3.05, 3.63) is 29.8 Å². The van der Waals surface area contributed by atoms with Crippen LogP contribution in [0.2, 0.25) is 0 Å². The average molecular weight is 394 g/mol. The van der Waals surface area contributed by atoms with E-state index < -0.39 is 26.7 Å². The van der Waals surface area contributed by atoms with E-state index in [1.165, 1.54) is 17.0 Å². The van der Waals surface area contributed by atoms with Crippen LogP contribution in [0.25, 0.3) is 0 Å². The van der Waals surface area contributed by atoms with E-state index in [9.17, 15) is 26.4 Å². The molecule has 146 valence electrons. The van der Waals surface area contributed by atoms with E-state index in [-0.39, 0.29) is 25.0 Å². The molecule has 1 aromatic carbocycles. The number of carbonyl (C=O) groups is 1. The summed E-state index contributed by atoms with van der Waals surface area (Å²) in [5, 5.41) is 0. The molecule has 0 bridgehead atoms. The fourth-order valence-corrected chi connectivity index (χ4v) is 4.73. The number of alkyl halides is 3. The monoisotopic (exact) mass is 394 g/mol. The summed E-state index contributed by atoms with van der Waals surface area (Å²) in [6, 6.07) is 3.86. The summed E-state index contributed by atoms with van der Waals surface area (Å²) in [4.78, 5) is 13.7. The van der Waals surface area contributed by atoms with Gasteiger partial charge in [-0.1, -0.05) is 12.1 Å². The van der Waals surface area contributed by atoms with Crippen LogP contribution in [0.1, 0.15) is 12.5 Å². The molecule has 1 N–H and O–H groups in total. The van der Waals surface area contributed by atoms with Crippen LogP contribution in [0.3, 0.4) is 0 Å². The second kappa shape index (κ2) is 7.53. The molecule has 0 unspecified atom stereocenters. The summed E-state index contributed by atoms with van der Waals surface area (Å²) in [6.07, 6.45) is -4.75. The lowest BCUT2D eigenvalue weighted by Crippen LogP contribution is -3.19. The van der Waals surface area contributed by atoms with E-state index in [2.05, 4.69) is 0 Å². The molecule has 26 heavy (non-hydrogen) atoms. The number of sulfonamides is 1. The number of hydrogen-bond donors (Lipinski definition) is 1. The Bertz CT molecular complexity index is 757. The van der Waals surface area contributed by atoms with Crippen molar-refractivity contribution in [3.8, 4) is 0 Å². The summed E-state index contributed by atoms with van der Waals surface area (Å²) >= 11 is 0. The number of rotatable bonds is 4. The Morgan fingerprint density at radius 1 is 1.19 bits per heavy atom. The van der Waals surface area contributed by atoms with Gasteiger partial charge >= 0.3 is 6.18 Å². The smallest absolute Gasteiger partial charge is 0.344 e.